The number of aliphatic hydroxyl groups excluding tert-OH is 2. The van der Waals surface area contributed by atoms with Crippen LogP contribution in [0.25, 0.3) is 11.2 Å². The van der Waals surface area contributed by atoms with E-state index in [0.29, 0.717) is 6.61 Å². The van der Waals surface area contributed by atoms with E-state index in [1.54, 1.807) is 13.8 Å². The molecular formula is C19H29N5O6. The smallest absolute Gasteiger partial charge is 0.280 e. The highest BCUT2D eigenvalue weighted by Gasteiger charge is 2.45. The third-order valence-corrected chi connectivity index (χ3v) is 5.02. The maximum atomic E-state index is 12.4. The molecule has 1 saturated heterocycles. The predicted octanol–water partition coefficient (Wildman–Crippen LogP) is 0.540. The zero-order valence-corrected chi connectivity index (χ0v) is 17.4. The van der Waals surface area contributed by atoms with Crippen LogP contribution in [-0.4, -0.2) is 67.2 Å². The summed E-state index contributed by atoms with van der Waals surface area (Å²) in [5.74, 6) is -0.602. The fourth-order valence-electron chi connectivity index (χ4n) is 3.28. The Labute approximate surface area is 173 Å². The minimum atomic E-state index is -1.05. The number of aliphatic hydroxyl groups is 2. The molecule has 3 rings (SSSR count). The molecule has 4 N–H and O–H groups in total. The molecule has 11 nitrogen and oxygen atoms in total. The van der Waals surface area contributed by atoms with E-state index in [9.17, 15) is 19.8 Å². The van der Waals surface area contributed by atoms with E-state index >= 15 is 0 Å². The molecule has 4 atom stereocenters. The Morgan fingerprint density at radius 2 is 2.20 bits per heavy atom. The summed E-state index contributed by atoms with van der Waals surface area (Å²) in [5.41, 5.74) is -0.279. The summed E-state index contributed by atoms with van der Waals surface area (Å²) in [4.78, 5) is 35.3. The number of H-pyrrole nitrogens is 1. The van der Waals surface area contributed by atoms with Gasteiger partial charge in [0.1, 0.15) is 18.3 Å². The molecule has 2 unspecified atom stereocenters. The van der Waals surface area contributed by atoms with E-state index in [-0.39, 0.29) is 35.5 Å². The lowest BCUT2D eigenvalue weighted by atomic mass is 10.1. The van der Waals surface area contributed by atoms with E-state index in [2.05, 4.69) is 27.2 Å². The minimum absolute atomic E-state index is 0.00869. The van der Waals surface area contributed by atoms with E-state index in [1.165, 1.54) is 10.9 Å². The number of carbonyl (C=O) groups is 1. The van der Waals surface area contributed by atoms with E-state index in [1.807, 2.05) is 0 Å². The average Bonchev–Trinajstić information content (AvgIpc) is 3.26. The lowest BCUT2D eigenvalue weighted by Gasteiger charge is -2.22. The van der Waals surface area contributed by atoms with Gasteiger partial charge in [-0.25, -0.2) is 4.98 Å². The standard InChI is InChI=1S/C19H29N5O6/c1-4-5-6-7-29-14-13(26)11(8-25)30-18(14)24-9-20-12-15(24)21-19(23-17(12)28)22-16(27)10(2)3/h9-11,13-14,18,25-26H,4-8H2,1-3H3,(H2,21,22,23,27,28)/t11-,13?,14?,18-/m1/s1. The first kappa shape index (κ1) is 22.3. The molecule has 1 aliphatic heterocycles. The molecule has 1 amide bonds. The second-order valence-electron chi connectivity index (χ2n) is 7.66. The Kier molecular flexibility index (Phi) is 7.19. The van der Waals surface area contributed by atoms with Crippen LogP contribution in [0.5, 0.6) is 0 Å². The van der Waals surface area contributed by atoms with Crippen molar-refractivity contribution in [3.63, 3.8) is 0 Å². The number of unbranched alkanes of at least 4 members (excludes halogenated alkanes) is 2. The lowest BCUT2D eigenvalue weighted by Crippen LogP contribution is -2.35. The molecule has 1 aliphatic rings. The third-order valence-electron chi connectivity index (χ3n) is 5.02. The van der Waals surface area contributed by atoms with E-state index < -0.39 is 30.1 Å². The summed E-state index contributed by atoms with van der Waals surface area (Å²) in [6.45, 7) is 5.56. The summed E-state index contributed by atoms with van der Waals surface area (Å²) in [5, 5.41) is 22.7. The van der Waals surface area contributed by atoms with Gasteiger partial charge in [-0.1, -0.05) is 33.6 Å². The molecule has 0 bridgehead atoms. The number of rotatable bonds is 9. The molecule has 0 aliphatic carbocycles. The monoisotopic (exact) mass is 423 g/mol. The van der Waals surface area contributed by atoms with Gasteiger partial charge in [0.2, 0.25) is 11.9 Å². The Bertz CT molecular complexity index is 926. The van der Waals surface area contributed by atoms with Gasteiger partial charge >= 0.3 is 0 Å². The maximum Gasteiger partial charge on any atom is 0.280 e. The molecule has 0 spiro atoms. The van der Waals surface area contributed by atoms with Gasteiger partial charge in [0.15, 0.2) is 17.4 Å². The lowest BCUT2D eigenvalue weighted by molar-refractivity contribution is -0.118. The first-order valence-corrected chi connectivity index (χ1v) is 10.2. The van der Waals surface area contributed by atoms with Crippen molar-refractivity contribution in [2.24, 2.45) is 5.92 Å². The molecule has 3 heterocycles. The first-order valence-electron chi connectivity index (χ1n) is 10.2. The van der Waals surface area contributed by atoms with E-state index in [4.69, 9.17) is 9.47 Å². The Morgan fingerprint density at radius 1 is 1.43 bits per heavy atom. The van der Waals surface area contributed by atoms with Gasteiger partial charge in [0.05, 0.1) is 12.9 Å². The van der Waals surface area contributed by atoms with Crippen molar-refractivity contribution in [2.45, 2.75) is 64.6 Å². The van der Waals surface area contributed by atoms with Crippen molar-refractivity contribution in [1.29, 1.82) is 0 Å². The van der Waals surface area contributed by atoms with Crippen LogP contribution in [0.15, 0.2) is 11.1 Å². The topological polar surface area (TPSA) is 152 Å². The Hall–Kier alpha value is -2.34. The van der Waals surface area contributed by atoms with Crippen LogP contribution in [0.1, 0.15) is 46.3 Å². The van der Waals surface area contributed by atoms with Crippen LogP contribution in [0.3, 0.4) is 0 Å². The van der Waals surface area contributed by atoms with Gasteiger partial charge in [-0.2, -0.15) is 4.98 Å². The molecule has 0 radical (unpaired) electrons. The van der Waals surface area contributed by atoms with Gasteiger partial charge < -0.3 is 19.7 Å². The summed E-state index contributed by atoms with van der Waals surface area (Å²) in [6.07, 6.45) is 0.705. The molecule has 0 saturated carbocycles. The second kappa shape index (κ2) is 9.65. The van der Waals surface area contributed by atoms with Crippen molar-refractivity contribution in [3.05, 3.63) is 16.7 Å². The number of aromatic nitrogens is 4. The normalized spacial score (nSPS) is 24.1. The Morgan fingerprint density at radius 3 is 2.87 bits per heavy atom. The van der Waals surface area contributed by atoms with Crippen molar-refractivity contribution in [1.82, 2.24) is 19.5 Å². The van der Waals surface area contributed by atoms with Gasteiger partial charge in [0.25, 0.3) is 5.56 Å². The molecule has 30 heavy (non-hydrogen) atoms. The number of ether oxygens (including phenoxy) is 2. The SMILES string of the molecule is CCCCCOC1C(O)[C@@H](CO)O[C@H]1n1cnc2c(=O)[nH]c(NC(=O)C(C)C)nc21. The summed E-state index contributed by atoms with van der Waals surface area (Å²) in [7, 11) is 0. The number of hydrogen-bond acceptors (Lipinski definition) is 8. The van der Waals surface area contributed by atoms with Crippen LogP contribution in [-0.2, 0) is 14.3 Å². The fraction of sp³-hybridized carbons (Fsp3) is 0.684. The zero-order valence-electron chi connectivity index (χ0n) is 17.4. The molecule has 2 aromatic heterocycles. The van der Waals surface area contributed by atoms with Crippen molar-refractivity contribution in [3.8, 4) is 0 Å². The van der Waals surface area contributed by atoms with Crippen molar-refractivity contribution >= 4 is 23.0 Å². The summed E-state index contributed by atoms with van der Waals surface area (Å²) < 4.78 is 13.2. The highest BCUT2D eigenvalue weighted by molar-refractivity contribution is 5.91. The molecular weight excluding hydrogens is 394 g/mol. The number of anilines is 1. The van der Waals surface area contributed by atoms with Gasteiger partial charge in [-0.15, -0.1) is 0 Å². The fourth-order valence-corrected chi connectivity index (χ4v) is 3.28. The number of nitrogens with zero attached hydrogens (tertiary/aromatic N) is 3. The molecule has 11 heteroatoms. The van der Waals surface area contributed by atoms with Crippen molar-refractivity contribution < 1.29 is 24.5 Å². The van der Waals surface area contributed by atoms with E-state index in [0.717, 1.165) is 19.3 Å². The van der Waals surface area contributed by atoms with Gasteiger partial charge in [-0.05, 0) is 6.42 Å². The van der Waals surface area contributed by atoms with Crippen LogP contribution < -0.4 is 10.9 Å². The number of imidazole rings is 1. The quantitative estimate of drug-likeness (QED) is 0.427. The molecule has 166 valence electrons. The number of amides is 1. The first-order chi connectivity index (χ1) is 14.4. The molecule has 0 aromatic carbocycles. The van der Waals surface area contributed by atoms with Crippen LogP contribution >= 0.6 is 0 Å². The molecule has 2 aromatic rings. The van der Waals surface area contributed by atoms with Gasteiger partial charge in [0, 0.05) is 12.5 Å². The number of fused-ring (bicyclic) bond motifs is 1. The second-order valence-corrected chi connectivity index (χ2v) is 7.66. The highest BCUT2D eigenvalue weighted by Crippen LogP contribution is 2.33. The largest absolute Gasteiger partial charge is 0.394 e. The highest BCUT2D eigenvalue weighted by atomic mass is 16.6. The van der Waals surface area contributed by atoms with Crippen LogP contribution in [0.2, 0.25) is 0 Å². The molecule has 1 fully saturated rings. The van der Waals surface area contributed by atoms with Crippen molar-refractivity contribution in [2.75, 3.05) is 18.5 Å². The van der Waals surface area contributed by atoms with Gasteiger partial charge in [-0.3, -0.25) is 24.5 Å². The number of carbonyl (C=O) groups excluding carboxylic acids is 1. The number of nitrogens with one attached hydrogen (secondary N) is 2. The van der Waals surface area contributed by atoms with Crippen LogP contribution in [0, 0.1) is 5.92 Å². The number of hydrogen-bond donors (Lipinski definition) is 4. The summed E-state index contributed by atoms with van der Waals surface area (Å²) >= 11 is 0. The minimum Gasteiger partial charge on any atom is -0.394 e. The van der Waals surface area contributed by atoms with Crippen LogP contribution in [0.4, 0.5) is 5.95 Å². The summed E-state index contributed by atoms with van der Waals surface area (Å²) in [6, 6.07) is 0. The average molecular weight is 423 g/mol. The maximum absolute atomic E-state index is 12.4. The predicted molar refractivity (Wildman–Crippen MR) is 108 cm³/mol. The number of aromatic amines is 1. The zero-order chi connectivity index (χ0) is 21.8. The Balaban J connectivity index is 1.93. The third kappa shape index (κ3) is 4.53.